The lowest BCUT2D eigenvalue weighted by Crippen LogP contribution is -2.36. The average molecular weight is 720 g/mol. The van der Waals surface area contributed by atoms with Crippen molar-refractivity contribution in [2.75, 3.05) is 0 Å². The number of benzene rings is 7. The van der Waals surface area contributed by atoms with Gasteiger partial charge < -0.3 is 9.73 Å². The lowest BCUT2D eigenvalue weighted by molar-refractivity contribution is 0.645. The van der Waals surface area contributed by atoms with Crippen LogP contribution in [0.4, 0.5) is 0 Å². The normalized spacial score (nSPS) is 14.2. The Kier molecular flexibility index (Phi) is 7.45. The van der Waals surface area contributed by atoms with Crippen molar-refractivity contribution in [3.63, 3.8) is 0 Å². The van der Waals surface area contributed by atoms with Crippen molar-refractivity contribution >= 4 is 55.5 Å². The number of amidine groups is 2. The summed E-state index contributed by atoms with van der Waals surface area (Å²) in [5.41, 5.74) is 11.6. The molecule has 11 rings (SSSR count). The summed E-state index contributed by atoms with van der Waals surface area (Å²) in [7, 11) is 0. The second-order valence-corrected chi connectivity index (χ2v) is 14.0. The molecule has 0 amide bonds. The van der Waals surface area contributed by atoms with Gasteiger partial charge in [0.15, 0.2) is 11.7 Å². The molecule has 0 saturated carbocycles. The Balaban J connectivity index is 1.10. The van der Waals surface area contributed by atoms with Crippen LogP contribution < -0.4 is 5.32 Å². The fraction of sp³-hybridized carbons (Fsp3) is 0.0200. The molecule has 0 aliphatic carbocycles. The Hall–Kier alpha value is -7.57. The Bertz CT molecular complexity index is 3160. The molecule has 1 aliphatic heterocycles. The van der Waals surface area contributed by atoms with Crippen LogP contribution in [0, 0.1) is 0 Å². The topological polar surface area (TPSA) is 67.7 Å². The Morgan fingerprint density at radius 2 is 1.09 bits per heavy atom. The van der Waals surface area contributed by atoms with E-state index in [4.69, 9.17) is 19.4 Å². The standard InChI is InChI=1S/C50H33N5O/c1-4-16-32(17-5-1)35-22-14-23-36(30-35)48-52-47(34-20-8-3-9-21-34)53-49(54-48)37-24-15-25-38(31-37)55-42-29-13-11-27-40(42)44-43-39-26-10-12-28-41(39)51-45(46(43)56-50(44)55)33-18-6-2-7-19-33/h1-31,49H,(H,52,53,54). The molecule has 0 spiro atoms. The van der Waals surface area contributed by atoms with Gasteiger partial charge >= 0.3 is 0 Å². The van der Waals surface area contributed by atoms with E-state index in [9.17, 15) is 0 Å². The molecule has 1 N–H and O–H groups in total. The van der Waals surface area contributed by atoms with Gasteiger partial charge in [0.1, 0.15) is 17.4 Å². The highest BCUT2D eigenvalue weighted by atomic mass is 16.3. The summed E-state index contributed by atoms with van der Waals surface area (Å²) >= 11 is 0. The van der Waals surface area contributed by atoms with Crippen LogP contribution in [0.2, 0.25) is 0 Å². The fourth-order valence-corrected chi connectivity index (χ4v) is 8.03. The van der Waals surface area contributed by atoms with Crippen LogP contribution in [0.25, 0.3) is 71.9 Å². The third-order valence-corrected chi connectivity index (χ3v) is 10.6. The third-order valence-electron chi connectivity index (χ3n) is 10.6. The van der Waals surface area contributed by atoms with E-state index in [-0.39, 0.29) is 0 Å². The first-order chi connectivity index (χ1) is 27.8. The summed E-state index contributed by atoms with van der Waals surface area (Å²) in [5, 5.41) is 7.90. The van der Waals surface area contributed by atoms with Crippen LogP contribution in [-0.2, 0) is 0 Å². The quantitative estimate of drug-likeness (QED) is 0.186. The zero-order valence-corrected chi connectivity index (χ0v) is 30.2. The first kappa shape index (κ1) is 31.9. The molecule has 1 unspecified atom stereocenters. The predicted molar refractivity (Wildman–Crippen MR) is 229 cm³/mol. The highest BCUT2D eigenvalue weighted by Gasteiger charge is 2.26. The van der Waals surface area contributed by atoms with Gasteiger partial charge in [-0.2, -0.15) is 0 Å². The number of hydrogen-bond acceptors (Lipinski definition) is 5. The van der Waals surface area contributed by atoms with Gasteiger partial charge in [0.2, 0.25) is 5.71 Å². The van der Waals surface area contributed by atoms with Gasteiger partial charge in [-0.25, -0.2) is 15.0 Å². The molecule has 0 fully saturated rings. The van der Waals surface area contributed by atoms with Crippen molar-refractivity contribution in [2.45, 2.75) is 6.17 Å². The first-order valence-corrected chi connectivity index (χ1v) is 18.8. The first-order valence-electron chi connectivity index (χ1n) is 18.8. The molecule has 7 aromatic carbocycles. The summed E-state index contributed by atoms with van der Waals surface area (Å²) in [6, 6.07) is 64.9. The maximum Gasteiger partial charge on any atom is 0.213 e. The fourth-order valence-electron chi connectivity index (χ4n) is 8.03. The van der Waals surface area contributed by atoms with E-state index in [0.717, 1.165) is 100 Å². The molecule has 0 radical (unpaired) electrons. The molecule has 56 heavy (non-hydrogen) atoms. The zero-order valence-electron chi connectivity index (χ0n) is 30.2. The van der Waals surface area contributed by atoms with Crippen molar-refractivity contribution in [1.29, 1.82) is 0 Å². The zero-order chi connectivity index (χ0) is 37.0. The highest BCUT2D eigenvalue weighted by Crippen LogP contribution is 2.44. The van der Waals surface area contributed by atoms with Crippen molar-refractivity contribution in [1.82, 2.24) is 14.9 Å². The van der Waals surface area contributed by atoms with Gasteiger partial charge in [0.25, 0.3) is 0 Å². The van der Waals surface area contributed by atoms with E-state index in [2.05, 4.69) is 149 Å². The van der Waals surface area contributed by atoms with Crippen LogP contribution >= 0.6 is 0 Å². The lowest BCUT2D eigenvalue weighted by atomic mass is 10.0. The second kappa shape index (κ2) is 13.1. The van der Waals surface area contributed by atoms with E-state index >= 15 is 0 Å². The summed E-state index contributed by atoms with van der Waals surface area (Å²) in [5.74, 6) is 1.54. The number of aliphatic imine (C=N–C) groups is 2. The number of fused-ring (bicyclic) bond motifs is 7. The number of nitrogens with zero attached hydrogens (tertiary/aromatic N) is 4. The van der Waals surface area contributed by atoms with Crippen LogP contribution in [0.1, 0.15) is 22.9 Å². The molecule has 3 aromatic heterocycles. The average Bonchev–Trinajstić information content (AvgIpc) is 3.82. The Morgan fingerprint density at radius 3 is 1.88 bits per heavy atom. The number of hydrogen-bond donors (Lipinski definition) is 1. The number of furan rings is 1. The molecule has 4 heterocycles. The number of pyridine rings is 1. The molecule has 0 saturated heterocycles. The van der Waals surface area contributed by atoms with Crippen LogP contribution in [0.15, 0.2) is 202 Å². The maximum atomic E-state index is 7.03. The SMILES string of the molecule is c1ccc(C2=NC(c3cccc(-n4c5ccccc5c5c6c(oc54)c(-c4ccccc4)nc4ccccc46)c3)N=C(c3cccc(-c4ccccc4)c3)N2)cc1. The third kappa shape index (κ3) is 5.30. The minimum atomic E-state index is -0.493. The van der Waals surface area contributed by atoms with Gasteiger partial charge in [0, 0.05) is 44.1 Å². The van der Waals surface area contributed by atoms with Crippen molar-refractivity contribution in [3.8, 4) is 28.1 Å². The van der Waals surface area contributed by atoms with Crippen molar-refractivity contribution < 1.29 is 4.42 Å². The monoisotopic (exact) mass is 719 g/mol. The maximum absolute atomic E-state index is 7.03. The molecule has 264 valence electrons. The highest BCUT2D eigenvalue weighted by molar-refractivity contribution is 6.28. The molecular weight excluding hydrogens is 687 g/mol. The minimum Gasteiger partial charge on any atom is -0.437 e. The van der Waals surface area contributed by atoms with Crippen molar-refractivity contribution in [2.24, 2.45) is 9.98 Å². The van der Waals surface area contributed by atoms with E-state index in [1.165, 1.54) is 0 Å². The molecule has 6 nitrogen and oxygen atoms in total. The summed E-state index contributed by atoms with van der Waals surface area (Å²) in [6.07, 6.45) is -0.493. The van der Waals surface area contributed by atoms with Gasteiger partial charge in [-0.3, -0.25) is 4.57 Å². The van der Waals surface area contributed by atoms with Crippen LogP contribution in [0.5, 0.6) is 0 Å². The summed E-state index contributed by atoms with van der Waals surface area (Å²) in [4.78, 5) is 15.6. The van der Waals surface area contributed by atoms with Crippen LogP contribution in [0.3, 0.4) is 0 Å². The summed E-state index contributed by atoms with van der Waals surface area (Å²) in [6.45, 7) is 0. The number of rotatable bonds is 6. The van der Waals surface area contributed by atoms with E-state index in [1.54, 1.807) is 0 Å². The largest absolute Gasteiger partial charge is 0.437 e. The van der Waals surface area contributed by atoms with Gasteiger partial charge in [-0.15, -0.1) is 0 Å². The Labute approximate surface area is 322 Å². The molecule has 0 bridgehead atoms. The second-order valence-electron chi connectivity index (χ2n) is 14.0. The Morgan fingerprint density at radius 1 is 0.482 bits per heavy atom. The minimum absolute atomic E-state index is 0.493. The van der Waals surface area contributed by atoms with Crippen molar-refractivity contribution in [3.05, 3.63) is 205 Å². The van der Waals surface area contributed by atoms with E-state index < -0.39 is 6.17 Å². The smallest absolute Gasteiger partial charge is 0.213 e. The van der Waals surface area contributed by atoms with Gasteiger partial charge in [0.05, 0.1) is 16.4 Å². The lowest BCUT2D eigenvalue weighted by Gasteiger charge is -2.23. The molecule has 10 aromatic rings. The molecule has 1 atom stereocenters. The molecular formula is C50H33N5O. The summed E-state index contributed by atoms with van der Waals surface area (Å²) < 4.78 is 9.27. The van der Waals surface area contributed by atoms with Gasteiger partial charge in [-0.05, 0) is 41.5 Å². The van der Waals surface area contributed by atoms with E-state index in [0.29, 0.717) is 0 Å². The number of nitrogens with one attached hydrogen (secondary N) is 1. The molecule has 6 heteroatoms. The molecule has 1 aliphatic rings. The predicted octanol–water partition coefficient (Wildman–Crippen LogP) is 11.9. The number of aromatic nitrogens is 2. The number of para-hydroxylation sites is 2. The van der Waals surface area contributed by atoms with Crippen LogP contribution in [-0.4, -0.2) is 21.2 Å². The van der Waals surface area contributed by atoms with Gasteiger partial charge in [-0.1, -0.05) is 158 Å². The van der Waals surface area contributed by atoms with E-state index in [1.807, 2.05) is 48.5 Å².